The fourth-order valence-electron chi connectivity index (χ4n) is 3.91. The first-order valence-electron chi connectivity index (χ1n) is 7.73. The molecule has 1 heterocycles. The average molecular weight is 291 g/mol. The number of hydrogen-bond donors (Lipinski definition) is 3. The number of nitrogens with one attached hydrogen (secondary N) is 2. The van der Waals surface area contributed by atoms with Crippen molar-refractivity contribution in [3.8, 4) is 0 Å². The van der Waals surface area contributed by atoms with Crippen LogP contribution in [-0.2, 0) is 0 Å². The normalized spacial score (nSPS) is 28.5. The Morgan fingerprint density at radius 3 is 2.48 bits per heavy atom. The summed E-state index contributed by atoms with van der Waals surface area (Å²) in [6.45, 7) is 2.24. The van der Waals surface area contributed by atoms with Gasteiger partial charge < -0.3 is 10.2 Å². The summed E-state index contributed by atoms with van der Waals surface area (Å²) in [5.74, 6) is 9.57. The Kier molecular flexibility index (Phi) is 3.84. The first-order valence-corrected chi connectivity index (χ1v) is 7.73. The Hall–Kier alpha value is -1.63. The monoisotopic (exact) mass is 291 g/mol. The summed E-state index contributed by atoms with van der Waals surface area (Å²) in [5.41, 5.74) is 2.50. The zero-order valence-electron chi connectivity index (χ0n) is 13.0. The lowest BCUT2D eigenvalue weighted by Crippen LogP contribution is -2.31. The van der Waals surface area contributed by atoms with Crippen molar-refractivity contribution in [1.29, 1.82) is 0 Å². The molecule has 0 aromatic carbocycles. The van der Waals surface area contributed by atoms with Crippen molar-refractivity contribution in [2.75, 3.05) is 29.7 Å². The second-order valence-electron chi connectivity index (χ2n) is 6.59. The van der Waals surface area contributed by atoms with Gasteiger partial charge in [-0.05, 0) is 43.9 Å². The maximum atomic E-state index is 5.44. The number of rotatable bonds is 5. The minimum Gasteiger partial charge on any atom is -0.351 e. The molecule has 4 unspecified atom stereocenters. The van der Waals surface area contributed by atoms with Gasteiger partial charge in [0.05, 0.1) is 0 Å². The van der Waals surface area contributed by atoms with Gasteiger partial charge in [0.1, 0.15) is 0 Å². The molecular weight excluding hydrogens is 266 g/mol. The lowest BCUT2D eigenvalue weighted by atomic mass is 9.84. The fraction of sp³-hybridized carbons (Fsp3) is 0.786. The number of hydrazine groups is 1. The SMILES string of the molecule is CC(Nc1nc(NN)nc(N(C)C)n1)C1CC2CCC1C2. The lowest BCUT2D eigenvalue weighted by molar-refractivity contribution is 0.303. The Morgan fingerprint density at radius 2 is 1.90 bits per heavy atom. The van der Waals surface area contributed by atoms with Crippen molar-refractivity contribution in [1.82, 2.24) is 15.0 Å². The second kappa shape index (κ2) is 5.63. The van der Waals surface area contributed by atoms with Crippen molar-refractivity contribution in [3.63, 3.8) is 0 Å². The molecule has 2 aliphatic rings. The van der Waals surface area contributed by atoms with Crippen LogP contribution in [0.5, 0.6) is 0 Å². The van der Waals surface area contributed by atoms with E-state index in [1.807, 2.05) is 19.0 Å². The van der Waals surface area contributed by atoms with Crippen molar-refractivity contribution in [2.45, 2.75) is 38.6 Å². The summed E-state index contributed by atoms with van der Waals surface area (Å²) < 4.78 is 0. The van der Waals surface area contributed by atoms with Crippen LogP contribution in [0.15, 0.2) is 0 Å². The molecule has 0 saturated heterocycles. The number of nitrogens with two attached hydrogens (primary N) is 1. The van der Waals surface area contributed by atoms with E-state index in [1.165, 1.54) is 25.7 Å². The third-order valence-electron chi connectivity index (χ3n) is 4.94. The van der Waals surface area contributed by atoms with E-state index in [2.05, 4.69) is 32.6 Å². The average Bonchev–Trinajstić information content (AvgIpc) is 3.09. The van der Waals surface area contributed by atoms with Gasteiger partial charge in [-0.25, -0.2) is 5.84 Å². The summed E-state index contributed by atoms with van der Waals surface area (Å²) >= 11 is 0. The van der Waals surface area contributed by atoms with Crippen LogP contribution in [0.2, 0.25) is 0 Å². The van der Waals surface area contributed by atoms with Crippen molar-refractivity contribution >= 4 is 17.8 Å². The quantitative estimate of drug-likeness (QED) is 0.558. The van der Waals surface area contributed by atoms with Gasteiger partial charge >= 0.3 is 0 Å². The molecule has 0 aliphatic heterocycles. The minimum atomic E-state index is 0.378. The standard InChI is InChI=1S/C14H25N7/c1-8(11-7-9-4-5-10(11)6-9)16-12-17-13(20-15)19-14(18-12)21(2)3/h8-11H,4-7,15H2,1-3H3,(H2,16,17,18,19,20). The van der Waals surface area contributed by atoms with Crippen LogP contribution in [0.25, 0.3) is 0 Å². The molecule has 7 nitrogen and oxygen atoms in total. The third-order valence-corrected chi connectivity index (χ3v) is 4.94. The molecule has 1 aromatic rings. The maximum Gasteiger partial charge on any atom is 0.243 e. The molecule has 2 bridgehead atoms. The summed E-state index contributed by atoms with van der Waals surface area (Å²) in [4.78, 5) is 14.8. The van der Waals surface area contributed by atoms with E-state index in [9.17, 15) is 0 Å². The molecule has 7 heteroatoms. The highest BCUT2D eigenvalue weighted by molar-refractivity contribution is 5.42. The first-order chi connectivity index (χ1) is 10.1. The highest BCUT2D eigenvalue weighted by atomic mass is 15.4. The van der Waals surface area contributed by atoms with Crippen LogP contribution in [0, 0.1) is 17.8 Å². The van der Waals surface area contributed by atoms with Crippen LogP contribution in [0.1, 0.15) is 32.6 Å². The van der Waals surface area contributed by atoms with E-state index in [-0.39, 0.29) is 0 Å². The van der Waals surface area contributed by atoms with Gasteiger partial charge in [0.15, 0.2) is 0 Å². The van der Waals surface area contributed by atoms with E-state index in [0.717, 1.165) is 17.8 Å². The zero-order chi connectivity index (χ0) is 15.0. The van der Waals surface area contributed by atoms with Crippen LogP contribution >= 0.6 is 0 Å². The Balaban J connectivity index is 1.73. The highest BCUT2D eigenvalue weighted by Crippen LogP contribution is 2.49. The predicted octanol–water partition coefficient (Wildman–Crippen LogP) is 1.46. The lowest BCUT2D eigenvalue weighted by Gasteiger charge is -2.28. The van der Waals surface area contributed by atoms with Gasteiger partial charge in [0, 0.05) is 20.1 Å². The Morgan fingerprint density at radius 1 is 1.14 bits per heavy atom. The van der Waals surface area contributed by atoms with E-state index in [0.29, 0.717) is 23.9 Å². The number of nitrogen functional groups attached to an aromatic ring is 1. The first kappa shape index (κ1) is 14.3. The Labute approximate surface area is 125 Å². The second-order valence-corrected chi connectivity index (χ2v) is 6.59. The van der Waals surface area contributed by atoms with Gasteiger partial charge in [0.2, 0.25) is 17.8 Å². The van der Waals surface area contributed by atoms with E-state index in [1.54, 1.807) is 0 Å². The molecule has 0 spiro atoms. The van der Waals surface area contributed by atoms with E-state index >= 15 is 0 Å². The summed E-state index contributed by atoms with van der Waals surface area (Å²) in [7, 11) is 3.80. The number of hydrogen-bond acceptors (Lipinski definition) is 7. The Bertz CT molecular complexity index is 504. The van der Waals surface area contributed by atoms with Crippen LogP contribution in [-0.4, -0.2) is 35.1 Å². The number of fused-ring (bicyclic) bond motifs is 2. The number of anilines is 3. The third kappa shape index (κ3) is 2.88. The smallest absolute Gasteiger partial charge is 0.243 e. The molecule has 0 amide bonds. The molecule has 3 rings (SSSR count). The molecule has 2 saturated carbocycles. The molecule has 2 aliphatic carbocycles. The predicted molar refractivity (Wildman–Crippen MR) is 84.0 cm³/mol. The van der Waals surface area contributed by atoms with Crippen molar-refractivity contribution < 1.29 is 0 Å². The summed E-state index contributed by atoms with van der Waals surface area (Å²) in [6.07, 6.45) is 5.56. The van der Waals surface area contributed by atoms with E-state index in [4.69, 9.17) is 5.84 Å². The molecule has 116 valence electrons. The van der Waals surface area contributed by atoms with E-state index < -0.39 is 0 Å². The summed E-state index contributed by atoms with van der Waals surface area (Å²) in [5, 5.41) is 3.45. The van der Waals surface area contributed by atoms with Crippen LogP contribution < -0.4 is 21.5 Å². The molecule has 0 radical (unpaired) electrons. The largest absolute Gasteiger partial charge is 0.351 e. The van der Waals surface area contributed by atoms with Crippen molar-refractivity contribution in [3.05, 3.63) is 0 Å². The molecule has 4 N–H and O–H groups in total. The highest BCUT2D eigenvalue weighted by Gasteiger charge is 2.41. The fourth-order valence-corrected chi connectivity index (χ4v) is 3.91. The topological polar surface area (TPSA) is 92.0 Å². The van der Waals surface area contributed by atoms with Gasteiger partial charge in [-0.15, -0.1) is 0 Å². The van der Waals surface area contributed by atoms with Crippen LogP contribution in [0.4, 0.5) is 17.8 Å². The maximum absolute atomic E-state index is 5.44. The van der Waals surface area contributed by atoms with Gasteiger partial charge in [0.25, 0.3) is 0 Å². The molecular formula is C14H25N7. The molecule has 1 aromatic heterocycles. The van der Waals surface area contributed by atoms with Gasteiger partial charge in [-0.1, -0.05) is 6.42 Å². The summed E-state index contributed by atoms with van der Waals surface area (Å²) in [6, 6.07) is 0.378. The molecule has 21 heavy (non-hydrogen) atoms. The van der Waals surface area contributed by atoms with Crippen LogP contribution in [0.3, 0.4) is 0 Å². The molecule has 4 atom stereocenters. The van der Waals surface area contributed by atoms with Gasteiger partial charge in [-0.2, -0.15) is 15.0 Å². The number of aromatic nitrogens is 3. The van der Waals surface area contributed by atoms with Crippen molar-refractivity contribution in [2.24, 2.45) is 23.6 Å². The number of nitrogens with zero attached hydrogens (tertiary/aromatic N) is 4. The zero-order valence-corrected chi connectivity index (χ0v) is 13.0. The minimum absolute atomic E-state index is 0.378. The van der Waals surface area contributed by atoms with Gasteiger partial charge in [-0.3, -0.25) is 5.43 Å². The molecule has 2 fully saturated rings.